The first-order valence-electron chi connectivity index (χ1n) is 8.38. The van der Waals surface area contributed by atoms with Crippen LogP contribution in [0.2, 0.25) is 0 Å². The summed E-state index contributed by atoms with van der Waals surface area (Å²) in [5.41, 5.74) is 6.08. The Labute approximate surface area is 148 Å². The van der Waals surface area contributed by atoms with Gasteiger partial charge in [-0.05, 0) is 43.0 Å². The second-order valence-corrected chi connectivity index (χ2v) is 6.03. The van der Waals surface area contributed by atoms with E-state index in [-0.39, 0.29) is 12.6 Å². The Morgan fingerprint density at radius 2 is 1.96 bits per heavy atom. The first kappa shape index (κ1) is 18.9. The molecule has 1 aromatic heterocycles. The van der Waals surface area contributed by atoms with Crippen molar-refractivity contribution in [1.29, 1.82) is 0 Å². The van der Waals surface area contributed by atoms with Crippen molar-refractivity contribution in [2.24, 2.45) is 0 Å². The van der Waals surface area contributed by atoms with Crippen molar-refractivity contribution in [3.05, 3.63) is 46.6 Å². The van der Waals surface area contributed by atoms with Gasteiger partial charge in [-0.2, -0.15) is 0 Å². The van der Waals surface area contributed by atoms with Crippen molar-refractivity contribution < 1.29 is 19.4 Å². The maximum absolute atomic E-state index is 10.7. The predicted octanol–water partition coefficient (Wildman–Crippen LogP) is 3.50. The molecule has 5 heteroatoms. The number of hydrogen-bond acceptors (Lipinski definition) is 5. The number of esters is 1. The van der Waals surface area contributed by atoms with Crippen LogP contribution in [-0.4, -0.2) is 29.3 Å². The Bertz CT molecular complexity index is 732. The molecule has 0 spiro atoms. The van der Waals surface area contributed by atoms with E-state index in [0.29, 0.717) is 25.5 Å². The van der Waals surface area contributed by atoms with Crippen molar-refractivity contribution in [2.45, 2.75) is 40.7 Å². The topological polar surface area (TPSA) is 68.7 Å². The highest BCUT2D eigenvalue weighted by molar-refractivity contribution is 5.73. The van der Waals surface area contributed by atoms with Gasteiger partial charge in [0.25, 0.3) is 0 Å². The van der Waals surface area contributed by atoms with E-state index in [4.69, 9.17) is 9.47 Å². The molecule has 1 N–H and O–H groups in total. The minimum absolute atomic E-state index is 0.0225. The summed E-state index contributed by atoms with van der Waals surface area (Å²) in [6.07, 6.45) is 0.624. The highest BCUT2D eigenvalue weighted by Crippen LogP contribution is 2.32. The number of nitrogens with zero attached hydrogens (tertiary/aromatic N) is 1. The van der Waals surface area contributed by atoms with Crippen LogP contribution in [0.5, 0.6) is 5.88 Å². The van der Waals surface area contributed by atoms with Crippen LogP contribution in [0.25, 0.3) is 11.1 Å². The smallest absolute Gasteiger partial charge is 0.302 e. The largest absolute Gasteiger partial charge is 0.478 e. The molecule has 134 valence electrons. The molecule has 5 nitrogen and oxygen atoms in total. The fraction of sp³-hybridized carbons (Fsp3) is 0.400. The van der Waals surface area contributed by atoms with Crippen LogP contribution in [0.3, 0.4) is 0 Å². The molecule has 0 saturated heterocycles. The monoisotopic (exact) mass is 343 g/mol. The molecule has 0 bridgehead atoms. The molecule has 0 aliphatic rings. The minimum Gasteiger partial charge on any atom is -0.478 e. The lowest BCUT2D eigenvalue weighted by molar-refractivity contribution is -0.141. The van der Waals surface area contributed by atoms with E-state index in [1.807, 2.05) is 45.0 Å². The van der Waals surface area contributed by atoms with E-state index in [1.165, 1.54) is 6.92 Å². The van der Waals surface area contributed by atoms with Gasteiger partial charge >= 0.3 is 5.97 Å². The maximum atomic E-state index is 10.7. The molecule has 0 aliphatic carbocycles. The van der Waals surface area contributed by atoms with Crippen LogP contribution < -0.4 is 4.74 Å². The van der Waals surface area contributed by atoms with E-state index in [1.54, 1.807) is 0 Å². The third-order valence-corrected chi connectivity index (χ3v) is 4.10. The van der Waals surface area contributed by atoms with Crippen LogP contribution in [0.15, 0.2) is 24.3 Å². The van der Waals surface area contributed by atoms with Gasteiger partial charge in [0.2, 0.25) is 5.88 Å². The summed E-state index contributed by atoms with van der Waals surface area (Å²) in [5, 5.41) is 9.48. The number of aliphatic hydroxyl groups excluding tert-OH is 1. The van der Waals surface area contributed by atoms with Gasteiger partial charge in [0.1, 0.15) is 0 Å². The van der Waals surface area contributed by atoms with Gasteiger partial charge in [-0.15, -0.1) is 0 Å². The molecule has 2 rings (SSSR count). The summed E-state index contributed by atoms with van der Waals surface area (Å²) in [6, 6.07) is 7.84. The van der Waals surface area contributed by atoms with E-state index >= 15 is 0 Å². The molecule has 0 radical (unpaired) electrons. The highest BCUT2D eigenvalue weighted by Gasteiger charge is 2.13. The molecule has 0 atom stereocenters. The van der Waals surface area contributed by atoms with E-state index in [0.717, 1.165) is 33.5 Å². The van der Waals surface area contributed by atoms with E-state index in [9.17, 15) is 9.90 Å². The molecule has 0 aliphatic heterocycles. The molecule has 1 aromatic carbocycles. The quantitative estimate of drug-likeness (QED) is 0.615. The molecular formula is C20H25NO4. The van der Waals surface area contributed by atoms with Crippen LogP contribution in [-0.2, 0) is 16.1 Å². The third-order valence-electron chi connectivity index (χ3n) is 4.10. The number of aliphatic hydroxyl groups is 1. The second kappa shape index (κ2) is 8.62. The van der Waals surface area contributed by atoms with Crippen LogP contribution in [0.1, 0.15) is 35.7 Å². The summed E-state index contributed by atoms with van der Waals surface area (Å²) in [5.74, 6) is 0.284. The zero-order valence-corrected chi connectivity index (χ0v) is 15.3. The number of hydrogen-bond donors (Lipinski definition) is 1. The average molecular weight is 343 g/mol. The molecule has 0 unspecified atom stereocenters. The minimum atomic E-state index is -0.283. The van der Waals surface area contributed by atoms with Gasteiger partial charge in [-0.25, -0.2) is 4.98 Å². The molecule has 0 amide bonds. The molecule has 0 saturated carbocycles. The third kappa shape index (κ3) is 4.79. The van der Waals surface area contributed by atoms with Crippen LogP contribution >= 0.6 is 0 Å². The lowest BCUT2D eigenvalue weighted by Gasteiger charge is -2.16. The number of aryl methyl sites for hydroxylation is 2. The molecule has 1 heterocycles. The Morgan fingerprint density at radius 1 is 1.20 bits per heavy atom. The molecular weight excluding hydrogens is 318 g/mol. The zero-order chi connectivity index (χ0) is 18.4. The number of ether oxygens (including phenoxy) is 2. The van der Waals surface area contributed by atoms with E-state index in [2.05, 4.69) is 4.98 Å². The fourth-order valence-electron chi connectivity index (χ4n) is 2.85. The zero-order valence-electron chi connectivity index (χ0n) is 15.3. The van der Waals surface area contributed by atoms with E-state index < -0.39 is 0 Å². The van der Waals surface area contributed by atoms with Gasteiger partial charge in [0.15, 0.2) is 0 Å². The number of pyridine rings is 1. The number of aromatic nitrogens is 1. The lowest BCUT2D eigenvalue weighted by atomic mass is 9.93. The normalized spacial score (nSPS) is 10.6. The summed E-state index contributed by atoms with van der Waals surface area (Å²) < 4.78 is 10.6. The molecule has 2 aromatic rings. The molecule has 25 heavy (non-hydrogen) atoms. The summed E-state index contributed by atoms with van der Waals surface area (Å²) in [6.45, 7) is 8.20. The van der Waals surface area contributed by atoms with Crippen LogP contribution in [0.4, 0.5) is 0 Å². The Morgan fingerprint density at radius 3 is 2.60 bits per heavy atom. The Hall–Kier alpha value is -2.40. The van der Waals surface area contributed by atoms with Crippen molar-refractivity contribution in [1.82, 2.24) is 4.98 Å². The predicted molar refractivity (Wildman–Crippen MR) is 96.6 cm³/mol. The first-order valence-corrected chi connectivity index (χ1v) is 8.38. The second-order valence-electron chi connectivity index (χ2n) is 6.03. The SMILES string of the molecule is CC(=O)OCCCOc1cc(C)c(-c2cccc(CO)c2C)c(C)n1. The highest BCUT2D eigenvalue weighted by atomic mass is 16.5. The van der Waals surface area contributed by atoms with Gasteiger partial charge < -0.3 is 14.6 Å². The Balaban J connectivity index is 2.16. The van der Waals surface area contributed by atoms with Gasteiger partial charge in [0, 0.05) is 30.7 Å². The molecule has 0 fully saturated rings. The number of carbonyl (C=O) groups excluding carboxylic acids is 1. The lowest BCUT2D eigenvalue weighted by Crippen LogP contribution is -2.07. The van der Waals surface area contributed by atoms with Gasteiger partial charge in [0.05, 0.1) is 19.8 Å². The maximum Gasteiger partial charge on any atom is 0.302 e. The standard InChI is InChI=1S/C20H25NO4/c1-13-11-19(25-10-6-9-24-16(4)23)21-15(3)20(13)18-8-5-7-17(12-22)14(18)2/h5,7-8,11,22H,6,9-10,12H2,1-4H3. The summed E-state index contributed by atoms with van der Waals surface area (Å²) in [4.78, 5) is 15.3. The summed E-state index contributed by atoms with van der Waals surface area (Å²) >= 11 is 0. The van der Waals surface area contributed by atoms with Crippen molar-refractivity contribution in [2.75, 3.05) is 13.2 Å². The fourth-order valence-corrected chi connectivity index (χ4v) is 2.85. The first-order chi connectivity index (χ1) is 11.9. The van der Waals surface area contributed by atoms with Gasteiger partial charge in [-0.3, -0.25) is 4.79 Å². The van der Waals surface area contributed by atoms with Gasteiger partial charge in [-0.1, -0.05) is 18.2 Å². The van der Waals surface area contributed by atoms with Crippen molar-refractivity contribution >= 4 is 5.97 Å². The number of rotatable bonds is 7. The Kier molecular flexibility index (Phi) is 6.53. The number of carbonyl (C=O) groups is 1. The summed E-state index contributed by atoms with van der Waals surface area (Å²) in [7, 11) is 0. The number of benzene rings is 1. The average Bonchev–Trinajstić information content (AvgIpc) is 2.55. The van der Waals surface area contributed by atoms with Crippen molar-refractivity contribution in [3.63, 3.8) is 0 Å². The van der Waals surface area contributed by atoms with Crippen LogP contribution in [0, 0.1) is 20.8 Å². The van der Waals surface area contributed by atoms with Crippen molar-refractivity contribution in [3.8, 4) is 17.0 Å².